The molecule has 546 valence electrons. The average molecular weight is 1460 g/mol. The van der Waals surface area contributed by atoms with E-state index in [9.17, 15) is 52.6 Å². The van der Waals surface area contributed by atoms with Crippen molar-refractivity contribution in [1.82, 2.24) is 67.4 Å². The van der Waals surface area contributed by atoms with Crippen molar-refractivity contribution < 1.29 is 71.7 Å². The number of thioether (sulfide) groups is 2. The van der Waals surface area contributed by atoms with Crippen molar-refractivity contribution in [2.24, 2.45) is 28.7 Å². The first kappa shape index (κ1) is 75.3. The molecule has 5 heterocycles. The Bertz CT molecular complexity index is 4290. The fourth-order valence-corrected chi connectivity index (χ4v) is 15.3. The monoisotopic (exact) mass is 1460 g/mol. The third-order valence-electron chi connectivity index (χ3n) is 18.9. The molecule has 1 saturated carbocycles. The topological polar surface area (TPSA) is 440 Å². The summed E-state index contributed by atoms with van der Waals surface area (Å²) in [6.45, 7) is 3.52. The van der Waals surface area contributed by atoms with Crippen LogP contribution in [0.1, 0.15) is 79.5 Å². The summed E-state index contributed by atoms with van der Waals surface area (Å²) in [5, 5.41) is 42.3. The third-order valence-corrected chi connectivity index (χ3v) is 21.1. The van der Waals surface area contributed by atoms with Crippen molar-refractivity contribution in [1.29, 1.82) is 0 Å². The molecule has 17 N–H and O–H groups in total. The van der Waals surface area contributed by atoms with Crippen molar-refractivity contribution in [2.45, 2.75) is 131 Å². The second-order valence-corrected chi connectivity index (χ2v) is 28.8. The van der Waals surface area contributed by atoms with Gasteiger partial charge in [0, 0.05) is 108 Å². The minimum absolute atomic E-state index is 0.00945. The molecule has 1 aliphatic carbocycles. The molecule has 10 atom stereocenters. The number of halogens is 2. The predicted molar refractivity (Wildman–Crippen MR) is 379 cm³/mol. The molecule has 2 bridgehead atoms. The predicted octanol–water partition coefficient (Wildman–Crippen LogP) is 2.28. The molecule has 32 heteroatoms. The van der Waals surface area contributed by atoms with Crippen LogP contribution in [0, 0.1) is 28.9 Å². The fourth-order valence-electron chi connectivity index (χ4n) is 13.4. The molecule has 10 amide bonds. The standard InChI is InChI=1S/C71H83F2N15O13S2/c1-71(2)48-32-88-62(61(48)71)69(100)87-57(63(75)94)35-103-34-39-7-5-6-38(20-39)33-102-19-17-58(90)81-51(8-3-4-18-74)64(95)79-31-59(91)82-52(22-40-28-77-49-15-11-42(72)24-46(40)49)65(96)83-53(23-41-29-78-50-16-12-43(73)25-47(41)50)66(97)85-55(27-60(92)93)68(99)84-54(26-44-30-76-36-80-44)67(98)86-56(70(88)101)21-37-9-13-45(89)14-10-37/h5-7,9-16,20,24-25,28-30,36,48,51-57,61-62,77-78,89H,3-4,8,17-19,21-23,26-27,31-35,74H2,1-2H3,(H2,75,94)(H,76,80)(H,79,95)(H,81,90)(H,82,91)(H,83,96)(H,84,99)(H,85,97)(H,86,98)(H,87,100)(H,92,93)/t48-,51-,52-,53-,54-,55-,56-,57-,61-,62-/m0/s1. The van der Waals surface area contributed by atoms with Gasteiger partial charge in [-0.25, -0.2) is 13.8 Å². The molecule has 28 nitrogen and oxygen atoms in total. The number of carboxylic acids is 1. The highest BCUT2D eigenvalue weighted by atomic mass is 32.2. The van der Waals surface area contributed by atoms with E-state index in [1.54, 1.807) is 0 Å². The number of fused-ring (bicyclic) bond motifs is 7. The lowest BCUT2D eigenvalue weighted by molar-refractivity contribution is -0.144. The van der Waals surface area contributed by atoms with Gasteiger partial charge in [0.05, 0.1) is 19.3 Å². The highest BCUT2D eigenvalue weighted by Gasteiger charge is 2.69. The number of carboxylic acid groups (broad SMARTS) is 1. The van der Waals surface area contributed by atoms with E-state index in [0.717, 1.165) is 11.1 Å². The van der Waals surface area contributed by atoms with Gasteiger partial charge in [-0.1, -0.05) is 50.2 Å². The number of aromatic nitrogens is 4. The number of benzene rings is 4. The number of nitrogens with one attached hydrogen (secondary N) is 11. The Morgan fingerprint density at radius 1 is 0.641 bits per heavy atom. The van der Waals surface area contributed by atoms with Gasteiger partial charge >= 0.3 is 5.97 Å². The summed E-state index contributed by atoms with van der Waals surface area (Å²) >= 11 is 2.80. The number of hydrogen-bond acceptors (Lipinski definition) is 16. The number of primary amides is 1. The molecule has 0 spiro atoms. The van der Waals surface area contributed by atoms with Crippen LogP contribution in [0.4, 0.5) is 8.78 Å². The van der Waals surface area contributed by atoms with E-state index >= 15 is 19.2 Å². The number of aromatic hydroxyl groups is 1. The van der Waals surface area contributed by atoms with E-state index in [4.69, 9.17) is 11.5 Å². The molecule has 3 aliphatic rings. The SMILES string of the molecule is CC1(C)[C@@H]2[C@H]3C(=O)N[C@H](C(N)=O)CSCc4cccc(c4)CSCCC(=O)N[C@@H](CCCCN)C(=O)NCC(=O)N[C@@H](Cc4c[nH]c5ccc(F)cc45)C(=O)N[C@@H](Cc4c[nH]c5ccc(F)cc45)C(=O)N[C@@H](CC(=O)O)C(=O)N[C@@H](Cc4cnc[nH]4)C(=O)N[C@@H](Cc4ccc(O)cc4)C(=O)N3C[C@@H]21. The van der Waals surface area contributed by atoms with Gasteiger partial charge in [0.15, 0.2) is 0 Å². The maximum atomic E-state index is 15.4. The van der Waals surface area contributed by atoms with Gasteiger partial charge in [-0.3, -0.25) is 52.7 Å². The molecular formula is C71H83F2N15O13S2. The first-order chi connectivity index (χ1) is 49.3. The van der Waals surface area contributed by atoms with Gasteiger partial charge in [0.2, 0.25) is 59.1 Å². The maximum Gasteiger partial charge on any atom is 0.305 e. The summed E-state index contributed by atoms with van der Waals surface area (Å²) in [5.41, 5.74) is 15.2. The number of aliphatic carboxylic acids is 1. The highest BCUT2D eigenvalue weighted by Crippen LogP contribution is 2.65. The molecule has 0 radical (unpaired) electrons. The number of phenolic OH excluding ortho intramolecular Hbond substituents is 1. The number of carbonyl (C=O) groups excluding carboxylic acids is 10. The number of aromatic amines is 3. The Balaban J connectivity index is 0.988. The third kappa shape index (κ3) is 19.6. The number of carbonyl (C=O) groups is 11. The Morgan fingerprint density at radius 2 is 1.22 bits per heavy atom. The lowest BCUT2D eigenvalue weighted by atomic mass is 9.98. The number of nitrogens with two attached hydrogens (primary N) is 2. The number of H-pyrrole nitrogens is 3. The fraction of sp³-hybridized carbons (Fsp3) is 0.408. The number of rotatable bonds is 15. The summed E-state index contributed by atoms with van der Waals surface area (Å²) in [6, 6.07) is 8.91. The first-order valence-corrected chi connectivity index (χ1v) is 36.0. The number of imidazole rings is 1. The zero-order valence-corrected chi connectivity index (χ0v) is 58.1. The van der Waals surface area contributed by atoms with E-state index in [0.29, 0.717) is 64.2 Å². The summed E-state index contributed by atoms with van der Waals surface area (Å²) in [6.07, 6.45) is 4.04. The maximum absolute atomic E-state index is 15.4. The number of unbranched alkanes of at least 4 members (excludes halogenated alkanes) is 1. The summed E-state index contributed by atoms with van der Waals surface area (Å²) in [7, 11) is 0. The van der Waals surface area contributed by atoms with Crippen molar-refractivity contribution in [2.75, 3.05) is 31.1 Å². The van der Waals surface area contributed by atoms with Crippen LogP contribution in [-0.4, -0.2) is 180 Å². The summed E-state index contributed by atoms with van der Waals surface area (Å²) in [4.78, 5) is 172. The Morgan fingerprint density at radius 3 is 1.83 bits per heavy atom. The molecule has 3 aromatic heterocycles. The largest absolute Gasteiger partial charge is 0.508 e. The van der Waals surface area contributed by atoms with Crippen molar-refractivity contribution in [3.8, 4) is 5.75 Å². The number of piperidine rings is 1. The average Bonchev–Trinajstić information content (AvgIpc) is 1.52. The van der Waals surface area contributed by atoms with Gasteiger partial charge in [0.1, 0.15) is 65.7 Å². The van der Waals surface area contributed by atoms with Crippen LogP contribution in [0.15, 0.2) is 110 Å². The lowest BCUT2D eigenvalue weighted by Gasteiger charge is -2.34. The minimum Gasteiger partial charge on any atom is -0.508 e. The zero-order chi connectivity index (χ0) is 73.6. The van der Waals surface area contributed by atoms with Crippen molar-refractivity contribution in [3.63, 3.8) is 0 Å². The van der Waals surface area contributed by atoms with Crippen molar-refractivity contribution >= 4 is 110 Å². The Labute approximate surface area is 598 Å². The second-order valence-electron chi connectivity index (χ2n) is 26.6. The van der Waals surface area contributed by atoms with Crippen LogP contribution in [0.2, 0.25) is 0 Å². The molecule has 4 aromatic carbocycles. The first-order valence-electron chi connectivity index (χ1n) is 33.7. The van der Waals surface area contributed by atoms with Gasteiger partial charge in [0.25, 0.3) is 0 Å². The molecular weight excluding hydrogens is 1370 g/mol. The van der Waals surface area contributed by atoms with Crippen LogP contribution in [-0.2, 0) is 89.9 Å². The number of amides is 10. The molecule has 103 heavy (non-hydrogen) atoms. The molecule has 1 saturated heterocycles. The normalized spacial score (nSPS) is 24.0. The van der Waals surface area contributed by atoms with E-state index in [2.05, 4.69) is 62.5 Å². The van der Waals surface area contributed by atoms with E-state index in [1.165, 1.54) is 114 Å². The Kier molecular flexibility index (Phi) is 24.9. The molecule has 0 unspecified atom stereocenters. The van der Waals surface area contributed by atoms with Crippen LogP contribution in [0.5, 0.6) is 5.75 Å². The van der Waals surface area contributed by atoms with Crippen molar-refractivity contribution in [3.05, 3.63) is 155 Å². The molecule has 10 rings (SSSR count). The Hall–Kier alpha value is -10.3. The lowest BCUT2D eigenvalue weighted by Crippen LogP contribution is -2.61. The second kappa shape index (κ2) is 34.1. The number of hydrogen-bond donors (Lipinski definition) is 15. The van der Waals surface area contributed by atoms with Crippen LogP contribution in [0.25, 0.3) is 21.8 Å². The van der Waals surface area contributed by atoms with Crippen LogP contribution in [0.3, 0.4) is 0 Å². The van der Waals surface area contributed by atoms with Crippen LogP contribution < -0.4 is 54.0 Å². The van der Waals surface area contributed by atoms with Gasteiger partial charge in [-0.15, -0.1) is 0 Å². The van der Waals surface area contributed by atoms with Crippen LogP contribution >= 0.6 is 23.5 Å². The smallest absolute Gasteiger partial charge is 0.305 e. The van der Waals surface area contributed by atoms with Gasteiger partial charge in [-0.05, 0) is 119 Å². The quantitative estimate of drug-likeness (QED) is 0.0655. The van der Waals surface area contributed by atoms with E-state index in [-0.39, 0.29) is 72.7 Å². The molecule has 7 aromatic rings. The zero-order valence-electron chi connectivity index (χ0n) is 56.5. The minimum atomic E-state index is -2.05. The van der Waals surface area contributed by atoms with E-state index < -0.39 is 156 Å². The molecule has 2 fully saturated rings. The van der Waals surface area contributed by atoms with E-state index in [1.807, 2.05) is 38.1 Å². The summed E-state index contributed by atoms with van der Waals surface area (Å²) in [5.74, 6) is -11.2. The number of nitrogens with zero attached hydrogens (tertiary/aromatic N) is 2. The van der Waals surface area contributed by atoms with Gasteiger partial charge in [-0.2, -0.15) is 23.5 Å². The molecule has 2 aliphatic heterocycles. The number of phenols is 1. The van der Waals surface area contributed by atoms with Gasteiger partial charge < -0.3 is 84.1 Å². The highest BCUT2D eigenvalue weighted by molar-refractivity contribution is 7.98. The summed E-state index contributed by atoms with van der Waals surface area (Å²) < 4.78 is 29.9.